The Kier molecular flexibility index (Phi) is 3.78. The SMILES string of the molecule is COCc1ccccc1-c1nc(O)c(Br)c(=O)[nH]1. The Balaban J connectivity index is 2.59. The van der Waals surface area contributed by atoms with Crippen molar-refractivity contribution in [2.24, 2.45) is 0 Å². The summed E-state index contributed by atoms with van der Waals surface area (Å²) in [7, 11) is 1.59. The third kappa shape index (κ3) is 2.44. The van der Waals surface area contributed by atoms with E-state index in [0.29, 0.717) is 12.4 Å². The standard InChI is InChI=1S/C12H11BrN2O3/c1-18-6-7-4-2-3-5-8(7)10-14-11(16)9(13)12(17)15-10/h2-5H,6H2,1H3,(H2,14,15,16,17). The first-order chi connectivity index (χ1) is 8.63. The quantitative estimate of drug-likeness (QED) is 0.910. The molecule has 0 atom stereocenters. The number of nitrogens with one attached hydrogen (secondary N) is 1. The summed E-state index contributed by atoms with van der Waals surface area (Å²) in [5.74, 6) is -0.0191. The van der Waals surface area contributed by atoms with E-state index in [2.05, 4.69) is 25.9 Å². The maximum atomic E-state index is 11.6. The third-order valence-corrected chi connectivity index (χ3v) is 3.13. The van der Waals surface area contributed by atoms with Gasteiger partial charge in [-0.1, -0.05) is 24.3 Å². The van der Waals surface area contributed by atoms with Gasteiger partial charge in [-0.2, -0.15) is 4.98 Å². The number of hydrogen-bond donors (Lipinski definition) is 2. The predicted molar refractivity (Wildman–Crippen MR) is 70.4 cm³/mol. The van der Waals surface area contributed by atoms with Crippen LogP contribution < -0.4 is 5.56 Å². The lowest BCUT2D eigenvalue weighted by atomic mass is 10.1. The summed E-state index contributed by atoms with van der Waals surface area (Å²) >= 11 is 2.95. The van der Waals surface area contributed by atoms with Gasteiger partial charge in [-0.15, -0.1) is 0 Å². The smallest absolute Gasteiger partial charge is 0.269 e. The predicted octanol–water partition coefficient (Wildman–Crippen LogP) is 2.05. The van der Waals surface area contributed by atoms with E-state index in [1.165, 1.54) is 0 Å². The number of halogens is 1. The molecule has 0 spiro atoms. The maximum Gasteiger partial charge on any atom is 0.269 e. The monoisotopic (exact) mass is 310 g/mol. The van der Waals surface area contributed by atoms with Crippen LogP contribution in [0.5, 0.6) is 5.88 Å². The summed E-state index contributed by atoms with van der Waals surface area (Å²) in [6, 6.07) is 7.38. The zero-order valence-corrected chi connectivity index (χ0v) is 11.2. The van der Waals surface area contributed by atoms with Crippen LogP contribution in [-0.2, 0) is 11.3 Å². The van der Waals surface area contributed by atoms with Crippen LogP contribution in [0.2, 0.25) is 0 Å². The number of methoxy groups -OCH3 is 1. The average Bonchev–Trinajstić information content (AvgIpc) is 2.36. The minimum Gasteiger partial charge on any atom is -0.492 e. The molecule has 0 unspecified atom stereocenters. The second-order valence-corrected chi connectivity index (χ2v) is 4.44. The highest BCUT2D eigenvalue weighted by atomic mass is 79.9. The van der Waals surface area contributed by atoms with Gasteiger partial charge in [0.05, 0.1) is 6.61 Å². The molecule has 2 rings (SSSR count). The number of H-pyrrole nitrogens is 1. The molecule has 0 aliphatic carbocycles. The first-order valence-corrected chi connectivity index (χ1v) is 5.98. The summed E-state index contributed by atoms with van der Waals surface area (Å²) in [4.78, 5) is 18.1. The molecule has 94 valence electrons. The van der Waals surface area contributed by atoms with Crippen molar-refractivity contribution >= 4 is 15.9 Å². The Morgan fingerprint density at radius 2 is 2.17 bits per heavy atom. The van der Waals surface area contributed by atoms with E-state index in [9.17, 15) is 9.90 Å². The van der Waals surface area contributed by atoms with Gasteiger partial charge < -0.3 is 14.8 Å². The Morgan fingerprint density at radius 1 is 1.44 bits per heavy atom. The number of nitrogens with zero attached hydrogens (tertiary/aromatic N) is 1. The second-order valence-electron chi connectivity index (χ2n) is 3.64. The van der Waals surface area contributed by atoms with E-state index < -0.39 is 5.56 Å². The fourth-order valence-electron chi connectivity index (χ4n) is 1.61. The highest BCUT2D eigenvalue weighted by Crippen LogP contribution is 2.23. The van der Waals surface area contributed by atoms with Gasteiger partial charge in [0.25, 0.3) is 5.56 Å². The number of ether oxygens (including phenoxy) is 1. The van der Waals surface area contributed by atoms with Crippen molar-refractivity contribution < 1.29 is 9.84 Å². The van der Waals surface area contributed by atoms with Gasteiger partial charge in [-0.05, 0) is 21.5 Å². The molecule has 18 heavy (non-hydrogen) atoms. The molecule has 0 saturated heterocycles. The van der Waals surface area contributed by atoms with Crippen molar-refractivity contribution in [3.05, 3.63) is 44.7 Å². The maximum absolute atomic E-state index is 11.6. The summed E-state index contributed by atoms with van der Waals surface area (Å²) in [6.45, 7) is 0.400. The average molecular weight is 311 g/mol. The molecule has 5 nitrogen and oxygen atoms in total. The van der Waals surface area contributed by atoms with E-state index in [-0.39, 0.29) is 10.4 Å². The molecule has 0 aliphatic heterocycles. The summed E-state index contributed by atoms with van der Waals surface area (Å²) < 4.78 is 5.11. The van der Waals surface area contributed by atoms with Crippen LogP contribution in [0.15, 0.2) is 33.5 Å². The lowest BCUT2D eigenvalue weighted by molar-refractivity contribution is 0.185. The van der Waals surface area contributed by atoms with Crippen LogP contribution >= 0.6 is 15.9 Å². The van der Waals surface area contributed by atoms with Crippen molar-refractivity contribution in [2.45, 2.75) is 6.61 Å². The van der Waals surface area contributed by atoms with Gasteiger partial charge in [0.15, 0.2) is 0 Å². The summed E-state index contributed by atoms with van der Waals surface area (Å²) in [5, 5.41) is 9.55. The zero-order valence-electron chi connectivity index (χ0n) is 9.61. The molecule has 0 radical (unpaired) electrons. The molecule has 2 aromatic rings. The van der Waals surface area contributed by atoms with Crippen LogP contribution in [-0.4, -0.2) is 22.2 Å². The van der Waals surface area contributed by atoms with Crippen LogP contribution in [0.3, 0.4) is 0 Å². The van der Waals surface area contributed by atoms with Crippen molar-refractivity contribution in [3.8, 4) is 17.3 Å². The Bertz CT molecular complexity index is 625. The number of rotatable bonds is 3. The fraction of sp³-hybridized carbons (Fsp3) is 0.167. The molecule has 0 amide bonds. The molecular weight excluding hydrogens is 300 g/mol. The molecular formula is C12H11BrN2O3. The van der Waals surface area contributed by atoms with Gasteiger partial charge in [-0.3, -0.25) is 4.79 Å². The lowest BCUT2D eigenvalue weighted by Gasteiger charge is -2.08. The summed E-state index contributed by atoms with van der Waals surface area (Å²) in [5.41, 5.74) is 1.17. The third-order valence-electron chi connectivity index (χ3n) is 2.42. The first kappa shape index (κ1) is 12.8. The second kappa shape index (κ2) is 5.32. The largest absolute Gasteiger partial charge is 0.492 e. The molecule has 0 saturated carbocycles. The number of aromatic hydroxyl groups is 1. The molecule has 2 N–H and O–H groups in total. The van der Waals surface area contributed by atoms with Crippen molar-refractivity contribution in [1.29, 1.82) is 0 Å². The summed E-state index contributed by atoms with van der Waals surface area (Å²) in [6.07, 6.45) is 0. The van der Waals surface area contributed by atoms with Gasteiger partial charge >= 0.3 is 0 Å². The van der Waals surface area contributed by atoms with Crippen LogP contribution in [0, 0.1) is 0 Å². The lowest BCUT2D eigenvalue weighted by Crippen LogP contribution is -2.10. The van der Waals surface area contributed by atoms with Crippen molar-refractivity contribution in [1.82, 2.24) is 9.97 Å². The van der Waals surface area contributed by atoms with Gasteiger partial charge in [0.1, 0.15) is 10.3 Å². The number of benzene rings is 1. The van der Waals surface area contributed by atoms with E-state index in [0.717, 1.165) is 11.1 Å². The van der Waals surface area contributed by atoms with Crippen LogP contribution in [0.4, 0.5) is 0 Å². The Morgan fingerprint density at radius 3 is 2.83 bits per heavy atom. The van der Waals surface area contributed by atoms with E-state index in [1.54, 1.807) is 13.2 Å². The van der Waals surface area contributed by atoms with E-state index in [1.807, 2.05) is 18.2 Å². The van der Waals surface area contributed by atoms with Gasteiger partial charge in [0, 0.05) is 12.7 Å². The Labute approximate surface area is 112 Å². The molecule has 0 aliphatic rings. The Hall–Kier alpha value is -1.66. The molecule has 0 fully saturated rings. The van der Waals surface area contributed by atoms with E-state index in [4.69, 9.17) is 4.74 Å². The molecule has 1 heterocycles. The number of hydrogen-bond acceptors (Lipinski definition) is 4. The highest BCUT2D eigenvalue weighted by molar-refractivity contribution is 9.10. The molecule has 6 heteroatoms. The van der Waals surface area contributed by atoms with Gasteiger partial charge in [-0.25, -0.2) is 0 Å². The molecule has 0 bridgehead atoms. The van der Waals surface area contributed by atoms with Crippen LogP contribution in [0.25, 0.3) is 11.4 Å². The minimum absolute atomic E-state index is 0.0236. The number of aromatic nitrogens is 2. The topological polar surface area (TPSA) is 75.2 Å². The van der Waals surface area contributed by atoms with Crippen molar-refractivity contribution in [3.63, 3.8) is 0 Å². The normalized spacial score (nSPS) is 10.6. The van der Waals surface area contributed by atoms with E-state index >= 15 is 0 Å². The van der Waals surface area contributed by atoms with Gasteiger partial charge in [0.2, 0.25) is 5.88 Å². The fourth-order valence-corrected chi connectivity index (χ4v) is 1.79. The zero-order chi connectivity index (χ0) is 13.1. The molecule has 1 aromatic heterocycles. The van der Waals surface area contributed by atoms with Crippen molar-refractivity contribution in [2.75, 3.05) is 7.11 Å². The first-order valence-electron chi connectivity index (χ1n) is 5.19. The van der Waals surface area contributed by atoms with Crippen LogP contribution in [0.1, 0.15) is 5.56 Å². The molecule has 1 aromatic carbocycles. The highest BCUT2D eigenvalue weighted by Gasteiger charge is 2.11. The number of aromatic amines is 1. The minimum atomic E-state index is -0.426.